The van der Waals surface area contributed by atoms with Crippen LogP contribution < -0.4 is 10.9 Å². The van der Waals surface area contributed by atoms with Crippen LogP contribution in [-0.2, 0) is 16.1 Å². The first kappa shape index (κ1) is 26.1. The van der Waals surface area contributed by atoms with E-state index < -0.39 is 5.97 Å². The lowest BCUT2D eigenvalue weighted by Crippen LogP contribution is -2.28. The van der Waals surface area contributed by atoms with E-state index in [-0.39, 0.29) is 36.0 Å². The Kier molecular flexibility index (Phi) is 7.93. The zero-order valence-electron chi connectivity index (χ0n) is 21.7. The van der Waals surface area contributed by atoms with Crippen molar-refractivity contribution in [2.24, 2.45) is 0 Å². The minimum atomic E-state index is -0.391. The van der Waals surface area contributed by atoms with Gasteiger partial charge < -0.3 is 10.1 Å². The van der Waals surface area contributed by atoms with Gasteiger partial charge in [-0.2, -0.15) is 0 Å². The number of hydrogen-bond donors (Lipinski definition) is 1. The quantitative estimate of drug-likeness (QED) is 0.386. The number of esters is 1. The zero-order chi connectivity index (χ0) is 26.0. The van der Waals surface area contributed by atoms with Crippen LogP contribution in [0.4, 0.5) is 5.69 Å². The van der Waals surface area contributed by atoms with E-state index >= 15 is 0 Å². The Morgan fingerprint density at radius 3 is 2.36 bits per heavy atom. The van der Waals surface area contributed by atoms with Crippen molar-refractivity contribution < 1.29 is 14.3 Å². The van der Waals surface area contributed by atoms with E-state index in [0.717, 1.165) is 42.5 Å². The number of nitrogens with one attached hydrogen (secondary N) is 1. The molecule has 0 unspecified atom stereocenters. The van der Waals surface area contributed by atoms with Crippen LogP contribution >= 0.6 is 11.3 Å². The Morgan fingerprint density at radius 1 is 1.11 bits per heavy atom. The number of ether oxygens (including phenoxy) is 1. The molecule has 1 amide bonds. The summed E-state index contributed by atoms with van der Waals surface area (Å²) in [6.07, 6.45) is 6.40. The van der Waals surface area contributed by atoms with Crippen molar-refractivity contribution >= 4 is 39.1 Å². The van der Waals surface area contributed by atoms with Crippen LogP contribution in [0, 0.1) is 6.92 Å². The highest BCUT2D eigenvalue weighted by atomic mass is 32.1. The van der Waals surface area contributed by atoms with Crippen molar-refractivity contribution in [1.29, 1.82) is 0 Å². The molecule has 4 rings (SSSR count). The number of amides is 1. The van der Waals surface area contributed by atoms with E-state index in [2.05, 4.69) is 38.0 Å². The van der Waals surface area contributed by atoms with E-state index in [9.17, 15) is 14.4 Å². The summed E-state index contributed by atoms with van der Waals surface area (Å²) in [6.45, 7) is 9.95. The van der Waals surface area contributed by atoms with E-state index in [1.54, 1.807) is 6.92 Å². The molecule has 1 aliphatic rings. The van der Waals surface area contributed by atoms with E-state index in [1.165, 1.54) is 28.7 Å². The number of nitrogens with zero attached hydrogens (tertiary/aromatic N) is 2. The number of thiophene rings is 1. The predicted octanol–water partition coefficient (Wildman–Crippen LogP) is 6.14. The Morgan fingerprint density at radius 2 is 1.75 bits per heavy atom. The first-order valence-corrected chi connectivity index (χ1v) is 13.6. The second-order valence-electron chi connectivity index (χ2n) is 10.2. The van der Waals surface area contributed by atoms with E-state index in [0.29, 0.717) is 20.7 Å². The molecular formula is C28H35N3O4S. The fraction of sp³-hybridized carbons (Fsp3) is 0.500. The second kappa shape index (κ2) is 10.9. The van der Waals surface area contributed by atoms with Crippen molar-refractivity contribution in [1.82, 2.24) is 9.55 Å². The topological polar surface area (TPSA) is 90.3 Å². The first-order chi connectivity index (χ1) is 17.2. The molecule has 0 bridgehead atoms. The number of carbonyl (C=O) groups excluding carboxylic acids is 2. The third-order valence-electron chi connectivity index (χ3n) is 6.88. The maximum absolute atomic E-state index is 13.3. The maximum atomic E-state index is 13.3. The summed E-state index contributed by atoms with van der Waals surface area (Å²) >= 11 is 1.18. The van der Waals surface area contributed by atoms with Gasteiger partial charge in [-0.15, -0.1) is 11.3 Å². The molecule has 0 saturated heterocycles. The highest BCUT2D eigenvalue weighted by molar-refractivity contribution is 7.20. The molecule has 1 fully saturated rings. The van der Waals surface area contributed by atoms with Gasteiger partial charge in [-0.05, 0) is 61.1 Å². The molecule has 1 N–H and O–H groups in total. The normalized spacial score (nSPS) is 14.5. The van der Waals surface area contributed by atoms with E-state index in [1.807, 2.05) is 18.2 Å². The number of aromatic nitrogens is 2. The lowest BCUT2D eigenvalue weighted by molar-refractivity contribution is -0.116. The molecule has 1 saturated carbocycles. The minimum Gasteiger partial charge on any atom is -0.458 e. The molecule has 1 aromatic carbocycles. The van der Waals surface area contributed by atoms with Gasteiger partial charge in [-0.1, -0.05) is 52.3 Å². The van der Waals surface area contributed by atoms with Gasteiger partial charge in [0.15, 0.2) is 0 Å². The SMILES string of the molecule is Cc1c(C(=O)OC2CCCCC2)sc2ncn(CC(=O)Nc3c(C(C)C)cccc3C(C)C)c(=O)c12. The molecule has 0 radical (unpaired) electrons. The number of rotatable bonds is 7. The largest absolute Gasteiger partial charge is 0.458 e. The van der Waals surface area contributed by atoms with Crippen LogP contribution in [0.25, 0.3) is 10.2 Å². The number of anilines is 1. The summed E-state index contributed by atoms with van der Waals surface area (Å²) in [5.74, 6) is -0.212. The summed E-state index contributed by atoms with van der Waals surface area (Å²) < 4.78 is 7.03. The molecule has 192 valence electrons. The molecule has 7 nitrogen and oxygen atoms in total. The number of fused-ring (bicyclic) bond motifs is 1. The average Bonchev–Trinajstić information content (AvgIpc) is 3.18. The van der Waals surface area contributed by atoms with Crippen molar-refractivity contribution in [3.05, 3.63) is 56.4 Å². The zero-order valence-corrected chi connectivity index (χ0v) is 22.5. The fourth-order valence-corrected chi connectivity index (χ4v) is 5.91. The summed E-state index contributed by atoms with van der Waals surface area (Å²) in [5.41, 5.74) is 3.17. The first-order valence-electron chi connectivity index (χ1n) is 12.8. The van der Waals surface area contributed by atoms with Gasteiger partial charge in [-0.3, -0.25) is 14.2 Å². The lowest BCUT2D eigenvalue weighted by atomic mass is 9.92. The van der Waals surface area contributed by atoms with Crippen molar-refractivity contribution in [2.75, 3.05) is 5.32 Å². The smallest absolute Gasteiger partial charge is 0.348 e. The van der Waals surface area contributed by atoms with Crippen molar-refractivity contribution in [2.45, 2.75) is 91.2 Å². The Bertz CT molecular complexity index is 1310. The van der Waals surface area contributed by atoms with Crippen molar-refractivity contribution in [3.63, 3.8) is 0 Å². The molecule has 0 aliphatic heterocycles. The minimum absolute atomic E-state index is 0.0615. The third kappa shape index (κ3) is 5.38. The molecule has 0 spiro atoms. The molecular weight excluding hydrogens is 474 g/mol. The second-order valence-corrected chi connectivity index (χ2v) is 11.2. The number of carbonyl (C=O) groups is 2. The van der Waals surface area contributed by atoms with Gasteiger partial charge in [-0.25, -0.2) is 9.78 Å². The number of benzene rings is 1. The van der Waals surface area contributed by atoms with Crippen LogP contribution in [0.2, 0.25) is 0 Å². The Hall–Kier alpha value is -3.00. The van der Waals surface area contributed by atoms with Gasteiger partial charge in [0.2, 0.25) is 5.91 Å². The van der Waals surface area contributed by atoms with Crippen molar-refractivity contribution in [3.8, 4) is 0 Å². The lowest BCUT2D eigenvalue weighted by Gasteiger charge is -2.21. The highest BCUT2D eigenvalue weighted by Gasteiger charge is 2.25. The summed E-state index contributed by atoms with van der Waals surface area (Å²) in [4.78, 5) is 44.5. The Labute approximate surface area is 215 Å². The van der Waals surface area contributed by atoms with Gasteiger partial charge in [0.05, 0.1) is 11.7 Å². The average molecular weight is 510 g/mol. The fourth-order valence-electron chi connectivity index (χ4n) is 4.88. The third-order valence-corrected chi connectivity index (χ3v) is 8.06. The van der Waals surface area contributed by atoms with Crippen LogP contribution in [0.1, 0.15) is 98.0 Å². The molecule has 8 heteroatoms. The van der Waals surface area contributed by atoms with Crippen LogP contribution in [0.15, 0.2) is 29.3 Å². The van der Waals surface area contributed by atoms with E-state index in [4.69, 9.17) is 4.74 Å². The van der Waals surface area contributed by atoms with Gasteiger partial charge >= 0.3 is 5.97 Å². The van der Waals surface area contributed by atoms with Gasteiger partial charge in [0.1, 0.15) is 22.4 Å². The summed E-state index contributed by atoms with van der Waals surface area (Å²) in [5, 5.41) is 3.42. The van der Waals surface area contributed by atoms with Gasteiger partial charge in [0, 0.05) is 5.69 Å². The van der Waals surface area contributed by atoms with Crippen LogP contribution in [0.5, 0.6) is 0 Å². The summed E-state index contributed by atoms with van der Waals surface area (Å²) in [6, 6.07) is 6.06. The molecule has 3 aromatic rings. The maximum Gasteiger partial charge on any atom is 0.348 e. The molecule has 2 heterocycles. The molecule has 2 aromatic heterocycles. The number of aryl methyl sites for hydroxylation is 1. The highest BCUT2D eigenvalue weighted by Crippen LogP contribution is 2.33. The molecule has 1 aliphatic carbocycles. The Balaban J connectivity index is 1.58. The monoisotopic (exact) mass is 509 g/mol. The van der Waals surface area contributed by atoms with Crippen LogP contribution in [0.3, 0.4) is 0 Å². The summed E-state index contributed by atoms with van der Waals surface area (Å²) in [7, 11) is 0. The van der Waals surface area contributed by atoms with Gasteiger partial charge in [0.25, 0.3) is 5.56 Å². The molecule has 0 atom stereocenters. The number of para-hydroxylation sites is 1. The standard InChI is InChI=1S/C28H35N3O4S/c1-16(2)20-12-9-13-21(17(3)4)24(20)30-22(32)14-31-15-29-26-23(27(31)33)18(5)25(36-26)28(34)35-19-10-7-6-8-11-19/h9,12-13,15-17,19H,6-8,10-11,14H2,1-5H3,(H,30,32). The predicted molar refractivity (Wildman–Crippen MR) is 144 cm³/mol. The van der Waals surface area contributed by atoms with Crippen LogP contribution in [-0.4, -0.2) is 27.5 Å². The number of hydrogen-bond acceptors (Lipinski definition) is 6. The molecule has 36 heavy (non-hydrogen) atoms.